The minimum absolute atomic E-state index is 0.221. The van der Waals surface area contributed by atoms with Gasteiger partial charge in [-0.15, -0.1) is 0 Å². The quantitative estimate of drug-likeness (QED) is 0.722. The lowest BCUT2D eigenvalue weighted by molar-refractivity contribution is 0.115. The first kappa shape index (κ1) is 12.0. The fourth-order valence-electron chi connectivity index (χ4n) is 1.92. The fourth-order valence-corrected chi connectivity index (χ4v) is 1.92. The zero-order valence-electron chi connectivity index (χ0n) is 9.75. The van der Waals surface area contributed by atoms with E-state index in [1.165, 1.54) is 6.42 Å². The SMILES string of the molecule is CCN(CC(C)(C)CN)C1CCOC1. The van der Waals surface area contributed by atoms with Gasteiger partial charge in [-0.1, -0.05) is 20.8 Å². The van der Waals surface area contributed by atoms with Crippen molar-refractivity contribution in [3.63, 3.8) is 0 Å². The van der Waals surface area contributed by atoms with Gasteiger partial charge in [-0.05, 0) is 24.9 Å². The molecule has 1 saturated heterocycles. The number of ether oxygens (including phenoxy) is 1. The van der Waals surface area contributed by atoms with Gasteiger partial charge in [-0.25, -0.2) is 0 Å². The molecule has 1 unspecified atom stereocenters. The van der Waals surface area contributed by atoms with Crippen LogP contribution in [-0.2, 0) is 4.74 Å². The zero-order chi connectivity index (χ0) is 10.6. The Morgan fingerprint density at radius 1 is 1.50 bits per heavy atom. The van der Waals surface area contributed by atoms with Crippen LogP contribution in [0.3, 0.4) is 0 Å². The highest BCUT2D eigenvalue weighted by atomic mass is 16.5. The van der Waals surface area contributed by atoms with Gasteiger partial charge in [-0.3, -0.25) is 4.90 Å². The molecular formula is C11H24N2O. The van der Waals surface area contributed by atoms with Crippen molar-refractivity contribution in [2.75, 3.05) is 32.8 Å². The second-order valence-corrected chi connectivity index (χ2v) is 4.95. The minimum Gasteiger partial charge on any atom is -0.380 e. The first-order chi connectivity index (χ1) is 6.59. The fraction of sp³-hybridized carbons (Fsp3) is 1.00. The summed E-state index contributed by atoms with van der Waals surface area (Å²) in [6.07, 6.45) is 1.18. The molecule has 0 saturated carbocycles. The third-order valence-corrected chi connectivity index (χ3v) is 3.01. The maximum atomic E-state index is 5.75. The smallest absolute Gasteiger partial charge is 0.0622 e. The third-order valence-electron chi connectivity index (χ3n) is 3.01. The summed E-state index contributed by atoms with van der Waals surface area (Å²) in [6, 6.07) is 0.617. The molecule has 0 aromatic rings. The molecule has 0 aromatic heterocycles. The van der Waals surface area contributed by atoms with Crippen LogP contribution >= 0.6 is 0 Å². The highest BCUT2D eigenvalue weighted by molar-refractivity contribution is 4.81. The maximum absolute atomic E-state index is 5.75. The molecule has 3 nitrogen and oxygen atoms in total. The van der Waals surface area contributed by atoms with Gasteiger partial charge in [0.25, 0.3) is 0 Å². The normalized spacial score (nSPS) is 23.4. The van der Waals surface area contributed by atoms with Crippen LogP contribution in [0, 0.1) is 5.41 Å². The molecule has 14 heavy (non-hydrogen) atoms. The molecule has 1 aliphatic rings. The molecule has 0 amide bonds. The van der Waals surface area contributed by atoms with Crippen LogP contribution in [0.25, 0.3) is 0 Å². The van der Waals surface area contributed by atoms with E-state index in [4.69, 9.17) is 10.5 Å². The van der Waals surface area contributed by atoms with Crippen LogP contribution in [0.15, 0.2) is 0 Å². The second kappa shape index (κ2) is 5.10. The van der Waals surface area contributed by atoms with Gasteiger partial charge in [0.05, 0.1) is 6.61 Å². The van der Waals surface area contributed by atoms with E-state index in [0.717, 1.165) is 32.8 Å². The molecule has 0 spiro atoms. The summed E-state index contributed by atoms with van der Waals surface area (Å²) in [5, 5.41) is 0. The third kappa shape index (κ3) is 3.23. The van der Waals surface area contributed by atoms with Crippen LogP contribution in [0.1, 0.15) is 27.2 Å². The molecule has 1 heterocycles. The molecular weight excluding hydrogens is 176 g/mol. The highest BCUT2D eigenvalue weighted by Crippen LogP contribution is 2.20. The number of likely N-dealkylation sites (N-methyl/N-ethyl adjacent to an activating group) is 1. The van der Waals surface area contributed by atoms with Crippen molar-refractivity contribution in [3.05, 3.63) is 0 Å². The lowest BCUT2D eigenvalue weighted by Gasteiger charge is -2.34. The minimum atomic E-state index is 0.221. The molecule has 3 heteroatoms. The summed E-state index contributed by atoms with van der Waals surface area (Å²) in [6.45, 7) is 11.4. The second-order valence-electron chi connectivity index (χ2n) is 4.95. The van der Waals surface area contributed by atoms with Gasteiger partial charge in [0, 0.05) is 19.2 Å². The van der Waals surface area contributed by atoms with E-state index in [1.54, 1.807) is 0 Å². The Labute approximate surface area is 87.6 Å². The monoisotopic (exact) mass is 200 g/mol. The van der Waals surface area contributed by atoms with E-state index in [0.29, 0.717) is 6.04 Å². The van der Waals surface area contributed by atoms with Crippen molar-refractivity contribution < 1.29 is 4.74 Å². The highest BCUT2D eigenvalue weighted by Gasteiger charge is 2.27. The van der Waals surface area contributed by atoms with E-state index in [2.05, 4.69) is 25.7 Å². The average Bonchev–Trinajstić information content (AvgIpc) is 2.67. The first-order valence-electron chi connectivity index (χ1n) is 5.61. The Hall–Kier alpha value is -0.120. The Kier molecular flexibility index (Phi) is 4.35. The molecule has 0 aliphatic carbocycles. The molecule has 2 N–H and O–H groups in total. The van der Waals surface area contributed by atoms with E-state index < -0.39 is 0 Å². The lowest BCUT2D eigenvalue weighted by Crippen LogP contribution is -2.44. The van der Waals surface area contributed by atoms with Crippen molar-refractivity contribution in [1.29, 1.82) is 0 Å². The molecule has 1 fully saturated rings. The van der Waals surface area contributed by atoms with Crippen molar-refractivity contribution >= 4 is 0 Å². The van der Waals surface area contributed by atoms with E-state index in [-0.39, 0.29) is 5.41 Å². The molecule has 0 bridgehead atoms. The van der Waals surface area contributed by atoms with Crippen LogP contribution in [0.4, 0.5) is 0 Å². The van der Waals surface area contributed by atoms with Crippen LogP contribution < -0.4 is 5.73 Å². The van der Waals surface area contributed by atoms with Crippen molar-refractivity contribution in [1.82, 2.24) is 4.90 Å². The Balaban J connectivity index is 2.45. The molecule has 84 valence electrons. The molecule has 1 atom stereocenters. The van der Waals surface area contributed by atoms with Crippen LogP contribution in [0.5, 0.6) is 0 Å². The number of hydrogen-bond acceptors (Lipinski definition) is 3. The van der Waals surface area contributed by atoms with Crippen LogP contribution in [0.2, 0.25) is 0 Å². The van der Waals surface area contributed by atoms with Crippen LogP contribution in [-0.4, -0.2) is 43.8 Å². The Bertz CT molecular complexity index is 165. The summed E-state index contributed by atoms with van der Waals surface area (Å²) in [5.74, 6) is 0. The standard InChI is InChI=1S/C11H24N2O/c1-4-13(9-11(2,3)8-12)10-5-6-14-7-10/h10H,4-9,12H2,1-3H3. The average molecular weight is 200 g/mol. The summed E-state index contributed by atoms with van der Waals surface area (Å²) in [5.41, 5.74) is 5.97. The zero-order valence-corrected chi connectivity index (χ0v) is 9.75. The summed E-state index contributed by atoms with van der Waals surface area (Å²) >= 11 is 0. The first-order valence-corrected chi connectivity index (χ1v) is 5.61. The largest absolute Gasteiger partial charge is 0.380 e. The van der Waals surface area contributed by atoms with Gasteiger partial charge in [0.2, 0.25) is 0 Å². The van der Waals surface area contributed by atoms with E-state index in [1.807, 2.05) is 0 Å². The van der Waals surface area contributed by atoms with Crippen molar-refractivity contribution in [2.45, 2.75) is 33.2 Å². The topological polar surface area (TPSA) is 38.5 Å². The number of nitrogens with two attached hydrogens (primary N) is 1. The number of nitrogens with zero attached hydrogens (tertiary/aromatic N) is 1. The number of hydrogen-bond donors (Lipinski definition) is 1. The maximum Gasteiger partial charge on any atom is 0.0622 e. The van der Waals surface area contributed by atoms with Gasteiger partial charge in [0.15, 0.2) is 0 Å². The predicted molar refractivity (Wildman–Crippen MR) is 59.3 cm³/mol. The van der Waals surface area contributed by atoms with E-state index >= 15 is 0 Å². The van der Waals surface area contributed by atoms with Crippen molar-refractivity contribution in [2.24, 2.45) is 11.1 Å². The molecule has 0 aromatic carbocycles. The van der Waals surface area contributed by atoms with Gasteiger partial charge in [-0.2, -0.15) is 0 Å². The molecule has 0 radical (unpaired) electrons. The summed E-state index contributed by atoms with van der Waals surface area (Å²) in [7, 11) is 0. The number of rotatable bonds is 5. The Morgan fingerprint density at radius 3 is 2.64 bits per heavy atom. The molecule has 1 rings (SSSR count). The predicted octanol–water partition coefficient (Wildman–Crippen LogP) is 1.08. The van der Waals surface area contributed by atoms with Gasteiger partial charge >= 0.3 is 0 Å². The summed E-state index contributed by atoms with van der Waals surface area (Å²) in [4.78, 5) is 2.50. The van der Waals surface area contributed by atoms with Crippen molar-refractivity contribution in [3.8, 4) is 0 Å². The molecule has 1 aliphatic heterocycles. The lowest BCUT2D eigenvalue weighted by atomic mass is 9.92. The summed E-state index contributed by atoms with van der Waals surface area (Å²) < 4.78 is 5.42. The van der Waals surface area contributed by atoms with Gasteiger partial charge in [0.1, 0.15) is 0 Å². The Morgan fingerprint density at radius 2 is 2.21 bits per heavy atom. The van der Waals surface area contributed by atoms with E-state index in [9.17, 15) is 0 Å². The van der Waals surface area contributed by atoms with Gasteiger partial charge < -0.3 is 10.5 Å².